The van der Waals surface area contributed by atoms with E-state index in [-0.39, 0.29) is 16.4 Å². The van der Waals surface area contributed by atoms with Gasteiger partial charge in [0, 0.05) is 17.3 Å². The Morgan fingerprint density at radius 1 is 0.857 bits per heavy atom. The maximum absolute atomic E-state index is 10.6. The Hall–Kier alpha value is -1.31. The van der Waals surface area contributed by atoms with Crippen LogP contribution in [0.5, 0.6) is 5.75 Å². The Morgan fingerprint density at radius 2 is 1.38 bits per heavy atom. The maximum atomic E-state index is 10.6. The largest absolute Gasteiger partial charge is 0.507 e. The highest BCUT2D eigenvalue weighted by Gasteiger charge is 2.24. The monoisotopic (exact) mass is 289 g/mol. The van der Waals surface area contributed by atoms with Crippen LogP contribution in [0.1, 0.15) is 79.0 Å². The lowest BCUT2D eigenvalue weighted by Crippen LogP contribution is -2.18. The lowest BCUT2D eigenvalue weighted by molar-refractivity contribution is 0.443. The minimum absolute atomic E-state index is 0.0397. The smallest absolute Gasteiger partial charge is 0.128 e. The molecule has 118 valence electrons. The molecule has 0 aliphatic heterocycles. The number of benzene rings is 1. The summed E-state index contributed by atoms with van der Waals surface area (Å²) in [6.45, 7) is 19.1. The summed E-state index contributed by atoms with van der Waals surface area (Å²) in [6, 6.07) is 4.18. The molecular formula is C19H31NO. The topological polar surface area (TPSA) is 32.6 Å². The average molecular weight is 289 g/mol. The summed E-state index contributed by atoms with van der Waals surface area (Å²) in [5, 5.41) is 10.6. The van der Waals surface area contributed by atoms with E-state index in [2.05, 4.69) is 79.4 Å². The van der Waals surface area contributed by atoms with E-state index in [0.717, 1.165) is 11.1 Å². The van der Waals surface area contributed by atoms with Gasteiger partial charge in [-0.3, -0.25) is 4.99 Å². The van der Waals surface area contributed by atoms with Crippen LogP contribution in [0.2, 0.25) is 0 Å². The number of phenols is 1. The molecule has 1 rings (SSSR count). The van der Waals surface area contributed by atoms with Crippen molar-refractivity contribution >= 4 is 6.21 Å². The maximum Gasteiger partial charge on any atom is 0.128 e. The summed E-state index contributed by atoms with van der Waals surface area (Å²) < 4.78 is 0. The number of hydrogen-bond acceptors (Lipinski definition) is 2. The number of phenolic OH excluding ortho intramolecular Hbond substituents is 1. The van der Waals surface area contributed by atoms with Crippen molar-refractivity contribution in [2.45, 2.75) is 78.7 Å². The van der Waals surface area contributed by atoms with Crippen molar-refractivity contribution < 1.29 is 5.11 Å². The second-order valence-electron chi connectivity index (χ2n) is 8.89. The Labute approximate surface area is 130 Å². The van der Waals surface area contributed by atoms with Crippen LogP contribution < -0.4 is 0 Å². The molecule has 0 amide bonds. The fraction of sp³-hybridized carbons (Fsp3) is 0.632. The van der Waals surface area contributed by atoms with Crippen molar-refractivity contribution in [3.63, 3.8) is 0 Å². The molecule has 0 saturated heterocycles. The van der Waals surface area contributed by atoms with Gasteiger partial charge in [-0.15, -0.1) is 0 Å². The van der Waals surface area contributed by atoms with Gasteiger partial charge >= 0.3 is 0 Å². The first-order valence-electron chi connectivity index (χ1n) is 7.65. The molecule has 1 aromatic rings. The molecule has 0 unspecified atom stereocenters. The van der Waals surface area contributed by atoms with Gasteiger partial charge < -0.3 is 5.11 Å². The summed E-state index contributed by atoms with van der Waals surface area (Å²) in [5.74, 6) is 0.350. The summed E-state index contributed by atoms with van der Waals surface area (Å²) in [5.41, 5.74) is 2.80. The molecule has 21 heavy (non-hydrogen) atoms. The molecule has 1 N–H and O–H groups in total. The number of aromatic hydroxyl groups is 1. The molecule has 0 spiro atoms. The zero-order valence-electron chi connectivity index (χ0n) is 15.1. The Balaban J connectivity index is 3.53. The van der Waals surface area contributed by atoms with Gasteiger partial charge in [0.15, 0.2) is 0 Å². The molecule has 0 bridgehead atoms. The van der Waals surface area contributed by atoms with Crippen LogP contribution in [0, 0.1) is 0 Å². The van der Waals surface area contributed by atoms with E-state index in [1.165, 1.54) is 5.56 Å². The van der Waals surface area contributed by atoms with Crippen LogP contribution in [-0.4, -0.2) is 16.9 Å². The fourth-order valence-electron chi connectivity index (χ4n) is 2.02. The van der Waals surface area contributed by atoms with Crippen LogP contribution in [-0.2, 0) is 10.8 Å². The van der Waals surface area contributed by atoms with E-state index in [4.69, 9.17) is 0 Å². The van der Waals surface area contributed by atoms with Crippen molar-refractivity contribution in [1.82, 2.24) is 0 Å². The molecule has 0 heterocycles. The van der Waals surface area contributed by atoms with Crippen molar-refractivity contribution in [2.24, 2.45) is 4.99 Å². The predicted octanol–water partition coefficient (Wildman–Crippen LogP) is 5.20. The van der Waals surface area contributed by atoms with E-state index in [9.17, 15) is 5.11 Å². The highest BCUT2D eigenvalue weighted by Crippen LogP contribution is 2.37. The van der Waals surface area contributed by atoms with Crippen molar-refractivity contribution in [3.8, 4) is 5.75 Å². The van der Waals surface area contributed by atoms with E-state index in [1.807, 2.05) is 0 Å². The van der Waals surface area contributed by atoms with Crippen LogP contribution >= 0.6 is 0 Å². The van der Waals surface area contributed by atoms with Gasteiger partial charge in [0.2, 0.25) is 0 Å². The van der Waals surface area contributed by atoms with Crippen LogP contribution in [0.15, 0.2) is 17.1 Å². The van der Waals surface area contributed by atoms with E-state index in [1.54, 1.807) is 6.21 Å². The van der Waals surface area contributed by atoms with Gasteiger partial charge in [0.1, 0.15) is 5.75 Å². The standard InChI is InChI=1S/C19H31NO/c1-17(2,3)14-10-13(12-20-19(7,8)9)16(21)15(11-14)18(4,5)6/h10-12,21H,1-9H3/b20-12+. The van der Waals surface area contributed by atoms with Crippen molar-refractivity contribution in [1.29, 1.82) is 0 Å². The molecule has 0 atom stereocenters. The average Bonchev–Trinajstić information content (AvgIpc) is 2.23. The second kappa shape index (κ2) is 5.47. The Morgan fingerprint density at radius 3 is 1.76 bits per heavy atom. The number of aliphatic imine (C=N–C) groups is 1. The van der Waals surface area contributed by atoms with Crippen molar-refractivity contribution in [3.05, 3.63) is 28.8 Å². The lowest BCUT2D eigenvalue weighted by Gasteiger charge is -2.27. The molecule has 0 aliphatic rings. The van der Waals surface area contributed by atoms with Crippen LogP contribution in [0.25, 0.3) is 0 Å². The minimum atomic E-state index is -0.147. The molecule has 2 nitrogen and oxygen atoms in total. The third kappa shape index (κ3) is 4.87. The molecule has 0 aromatic heterocycles. The van der Waals surface area contributed by atoms with Crippen LogP contribution in [0.3, 0.4) is 0 Å². The number of rotatable bonds is 1. The first-order valence-corrected chi connectivity index (χ1v) is 7.65. The second-order valence-corrected chi connectivity index (χ2v) is 8.89. The minimum Gasteiger partial charge on any atom is -0.507 e. The number of nitrogens with zero attached hydrogens (tertiary/aromatic N) is 1. The van der Waals surface area contributed by atoms with Gasteiger partial charge in [0.05, 0.1) is 5.54 Å². The fourth-order valence-corrected chi connectivity index (χ4v) is 2.02. The third-order valence-electron chi connectivity index (χ3n) is 3.40. The van der Waals surface area contributed by atoms with Crippen molar-refractivity contribution in [2.75, 3.05) is 0 Å². The predicted molar refractivity (Wildman–Crippen MR) is 92.9 cm³/mol. The van der Waals surface area contributed by atoms with Gasteiger partial charge in [-0.25, -0.2) is 0 Å². The van der Waals surface area contributed by atoms with Gasteiger partial charge in [0.25, 0.3) is 0 Å². The van der Waals surface area contributed by atoms with E-state index in [0.29, 0.717) is 5.75 Å². The van der Waals surface area contributed by atoms with E-state index >= 15 is 0 Å². The zero-order chi connectivity index (χ0) is 16.6. The third-order valence-corrected chi connectivity index (χ3v) is 3.40. The summed E-state index contributed by atoms with van der Waals surface area (Å²) in [6.07, 6.45) is 1.81. The van der Waals surface area contributed by atoms with Gasteiger partial charge in [-0.1, -0.05) is 47.6 Å². The molecular weight excluding hydrogens is 258 g/mol. The number of hydrogen-bond donors (Lipinski definition) is 1. The highest BCUT2D eigenvalue weighted by atomic mass is 16.3. The Kier molecular flexibility index (Phi) is 4.62. The summed E-state index contributed by atoms with van der Waals surface area (Å²) in [7, 11) is 0. The quantitative estimate of drug-likeness (QED) is 0.708. The Bertz CT molecular complexity index is 534. The van der Waals surface area contributed by atoms with Gasteiger partial charge in [-0.2, -0.15) is 0 Å². The SMILES string of the molecule is CC(C)(C)/N=C/c1cc(C(C)(C)C)cc(C(C)(C)C)c1O. The highest BCUT2D eigenvalue weighted by molar-refractivity contribution is 5.85. The molecule has 1 aromatic carbocycles. The van der Waals surface area contributed by atoms with Crippen LogP contribution in [0.4, 0.5) is 0 Å². The summed E-state index contributed by atoms with van der Waals surface area (Å²) in [4.78, 5) is 4.55. The molecule has 2 heteroatoms. The normalized spacial score (nSPS) is 14.0. The molecule has 0 radical (unpaired) electrons. The first kappa shape index (κ1) is 17.7. The zero-order valence-corrected chi connectivity index (χ0v) is 15.1. The first-order chi connectivity index (χ1) is 9.22. The molecule has 0 saturated carbocycles. The summed E-state index contributed by atoms with van der Waals surface area (Å²) >= 11 is 0. The van der Waals surface area contributed by atoms with E-state index < -0.39 is 0 Å². The lowest BCUT2D eigenvalue weighted by atomic mass is 9.79. The van der Waals surface area contributed by atoms with Gasteiger partial charge in [-0.05, 0) is 43.2 Å². The molecule has 0 fully saturated rings. The molecule has 0 aliphatic carbocycles.